The number of amides is 2. The molecule has 2 aliphatic heterocycles. The first-order valence-corrected chi connectivity index (χ1v) is 8.06. The highest BCUT2D eigenvalue weighted by atomic mass is 16.6. The second kappa shape index (κ2) is 5.75. The van der Waals surface area contributed by atoms with Crippen LogP contribution < -0.4 is 5.32 Å². The molecule has 1 fully saturated rings. The van der Waals surface area contributed by atoms with Gasteiger partial charge in [0.1, 0.15) is 23.0 Å². The highest BCUT2D eigenvalue weighted by Crippen LogP contribution is 2.38. The van der Waals surface area contributed by atoms with Gasteiger partial charge >= 0.3 is 12.1 Å². The molecule has 0 aromatic carbocycles. The van der Waals surface area contributed by atoms with Gasteiger partial charge in [-0.3, -0.25) is 9.69 Å². The average Bonchev–Trinajstić information content (AvgIpc) is 3.15. The number of likely N-dealkylation sites (tertiary alicyclic amines) is 1. The Bertz CT molecular complexity index is 722. The Morgan fingerprint density at radius 2 is 2.12 bits per heavy atom. The lowest BCUT2D eigenvalue weighted by atomic mass is 9.92. The van der Waals surface area contributed by atoms with Gasteiger partial charge in [0, 0.05) is 18.8 Å². The van der Waals surface area contributed by atoms with Crippen LogP contribution in [0.25, 0.3) is 0 Å². The molecule has 1 spiro atoms. The van der Waals surface area contributed by atoms with Crippen LogP contribution in [0, 0.1) is 0 Å². The Morgan fingerprint density at radius 3 is 2.76 bits per heavy atom. The summed E-state index contributed by atoms with van der Waals surface area (Å²) in [5.41, 5.74) is -1.82. The van der Waals surface area contributed by atoms with E-state index in [0.29, 0.717) is 12.4 Å². The van der Waals surface area contributed by atoms with Gasteiger partial charge in [-0.1, -0.05) is 0 Å². The topological polar surface area (TPSA) is 103 Å². The fraction of sp³-hybridized carbons (Fsp3) is 0.625. The van der Waals surface area contributed by atoms with Crippen molar-refractivity contribution in [3.63, 3.8) is 0 Å². The quantitative estimate of drug-likeness (QED) is 0.735. The maximum absolute atomic E-state index is 12.7. The minimum atomic E-state index is -1.10. The number of carbonyl (C=O) groups is 3. The first-order chi connectivity index (χ1) is 11.7. The smallest absolute Gasteiger partial charge is 0.411 e. The van der Waals surface area contributed by atoms with Crippen molar-refractivity contribution >= 4 is 18.0 Å². The van der Waals surface area contributed by atoms with E-state index < -0.39 is 29.2 Å². The molecule has 0 aliphatic carbocycles. The first kappa shape index (κ1) is 17.2. The van der Waals surface area contributed by atoms with Crippen molar-refractivity contribution in [3.8, 4) is 0 Å². The van der Waals surface area contributed by atoms with Gasteiger partial charge in [0.2, 0.25) is 5.91 Å². The van der Waals surface area contributed by atoms with Crippen molar-refractivity contribution in [1.29, 1.82) is 0 Å². The van der Waals surface area contributed by atoms with Crippen LogP contribution in [-0.2, 0) is 31.1 Å². The van der Waals surface area contributed by atoms with E-state index in [1.165, 1.54) is 12.0 Å². The van der Waals surface area contributed by atoms with E-state index in [0.717, 1.165) is 0 Å². The number of carbonyl (C=O) groups excluding carboxylic acids is 3. The monoisotopic (exact) mass is 350 g/mol. The fourth-order valence-electron chi connectivity index (χ4n) is 3.37. The number of imidazole rings is 1. The fourth-order valence-corrected chi connectivity index (χ4v) is 3.37. The average molecular weight is 350 g/mol. The predicted molar refractivity (Wildman–Crippen MR) is 85.4 cm³/mol. The van der Waals surface area contributed by atoms with Crippen LogP contribution in [0.1, 0.15) is 33.0 Å². The number of rotatable bonds is 1. The van der Waals surface area contributed by atoms with Gasteiger partial charge in [0.25, 0.3) is 0 Å². The standard InChI is InChI=1S/C16H22N4O5/c1-15(2,3)25-14(23)19-9-16(7-10(19)12(21)24-4)13(22)18-8-11-17-5-6-20(11)16/h5-6,10H,7-9H2,1-4H3,(H,18,22)/t10-,16+/m0/s1. The number of aromatic nitrogens is 2. The lowest BCUT2D eigenvalue weighted by Gasteiger charge is -2.34. The third-order valence-electron chi connectivity index (χ3n) is 4.45. The van der Waals surface area contributed by atoms with Crippen molar-refractivity contribution < 1.29 is 23.9 Å². The summed E-state index contributed by atoms with van der Waals surface area (Å²) < 4.78 is 12.0. The zero-order chi connectivity index (χ0) is 18.4. The normalized spacial score (nSPS) is 25.5. The molecule has 2 aliphatic rings. The van der Waals surface area contributed by atoms with Crippen molar-refractivity contribution in [2.24, 2.45) is 0 Å². The lowest BCUT2D eigenvalue weighted by molar-refractivity contribution is -0.145. The molecule has 0 bridgehead atoms. The SMILES string of the molecule is COC(=O)[C@@H]1C[C@@]2(CN1C(=O)OC(C)(C)C)C(=O)NCc1nccn12. The van der Waals surface area contributed by atoms with Gasteiger partial charge in [0.05, 0.1) is 20.2 Å². The molecule has 3 rings (SSSR count). The van der Waals surface area contributed by atoms with Crippen molar-refractivity contribution in [3.05, 3.63) is 18.2 Å². The van der Waals surface area contributed by atoms with Crippen LogP contribution in [0.3, 0.4) is 0 Å². The molecule has 0 saturated carbocycles. The Labute approximate surface area is 145 Å². The van der Waals surface area contributed by atoms with Crippen molar-refractivity contribution in [2.75, 3.05) is 13.7 Å². The molecule has 1 aromatic rings. The molecule has 9 heteroatoms. The van der Waals surface area contributed by atoms with Crippen LogP contribution >= 0.6 is 0 Å². The number of ether oxygens (including phenoxy) is 2. The van der Waals surface area contributed by atoms with Crippen LogP contribution in [0.15, 0.2) is 12.4 Å². The predicted octanol–water partition coefficient (Wildman–Crippen LogP) is 0.391. The van der Waals surface area contributed by atoms with Gasteiger partial charge < -0.3 is 19.4 Å². The van der Waals surface area contributed by atoms with Crippen molar-refractivity contribution in [1.82, 2.24) is 19.8 Å². The molecule has 2 atom stereocenters. The molecular weight excluding hydrogens is 328 g/mol. The van der Waals surface area contributed by atoms with Crippen molar-refractivity contribution in [2.45, 2.75) is 50.9 Å². The molecule has 2 amide bonds. The molecule has 1 aromatic heterocycles. The number of nitrogens with zero attached hydrogens (tertiary/aromatic N) is 3. The second-order valence-electron chi connectivity index (χ2n) is 7.28. The maximum atomic E-state index is 12.7. The Balaban J connectivity index is 1.99. The van der Waals surface area contributed by atoms with E-state index >= 15 is 0 Å². The van der Waals surface area contributed by atoms with E-state index in [2.05, 4.69) is 10.3 Å². The van der Waals surface area contributed by atoms with E-state index in [1.54, 1.807) is 37.7 Å². The van der Waals surface area contributed by atoms with E-state index in [1.807, 2.05) is 0 Å². The summed E-state index contributed by atoms with van der Waals surface area (Å²) >= 11 is 0. The molecule has 136 valence electrons. The first-order valence-electron chi connectivity index (χ1n) is 8.06. The number of fused-ring (bicyclic) bond motifs is 2. The Morgan fingerprint density at radius 1 is 1.40 bits per heavy atom. The van der Waals surface area contributed by atoms with Gasteiger partial charge in [-0.15, -0.1) is 0 Å². The molecule has 9 nitrogen and oxygen atoms in total. The third kappa shape index (κ3) is 2.83. The van der Waals surface area contributed by atoms with Crippen LogP contribution in [0.5, 0.6) is 0 Å². The highest BCUT2D eigenvalue weighted by molar-refractivity contribution is 5.91. The number of methoxy groups -OCH3 is 1. The summed E-state index contributed by atoms with van der Waals surface area (Å²) in [6, 6.07) is -0.904. The number of hydrogen-bond donors (Lipinski definition) is 1. The molecule has 3 heterocycles. The molecule has 1 saturated heterocycles. The number of esters is 1. The molecule has 1 N–H and O–H groups in total. The third-order valence-corrected chi connectivity index (χ3v) is 4.45. The Kier molecular flexibility index (Phi) is 3.97. The number of hydrogen-bond acceptors (Lipinski definition) is 6. The van der Waals surface area contributed by atoms with Gasteiger partial charge in [-0.2, -0.15) is 0 Å². The van der Waals surface area contributed by atoms with E-state index in [9.17, 15) is 14.4 Å². The van der Waals surface area contributed by atoms with Gasteiger partial charge in [0.15, 0.2) is 0 Å². The van der Waals surface area contributed by atoms with Crippen LogP contribution in [-0.4, -0.2) is 57.7 Å². The zero-order valence-electron chi connectivity index (χ0n) is 14.7. The van der Waals surface area contributed by atoms with E-state index in [4.69, 9.17) is 9.47 Å². The Hall–Kier alpha value is -2.58. The zero-order valence-corrected chi connectivity index (χ0v) is 14.7. The molecule has 0 unspecified atom stereocenters. The minimum Gasteiger partial charge on any atom is -0.467 e. The van der Waals surface area contributed by atoms with Crippen LogP contribution in [0.2, 0.25) is 0 Å². The maximum Gasteiger partial charge on any atom is 0.411 e. The van der Waals surface area contributed by atoms with Gasteiger partial charge in [-0.25, -0.2) is 14.6 Å². The summed E-state index contributed by atoms with van der Waals surface area (Å²) in [7, 11) is 1.25. The second-order valence-corrected chi connectivity index (χ2v) is 7.28. The summed E-state index contributed by atoms with van der Waals surface area (Å²) in [6.07, 6.45) is 2.75. The number of nitrogens with one attached hydrogen (secondary N) is 1. The lowest BCUT2D eigenvalue weighted by Crippen LogP contribution is -2.55. The van der Waals surface area contributed by atoms with Crippen LogP contribution in [0.4, 0.5) is 4.79 Å². The highest BCUT2D eigenvalue weighted by Gasteiger charge is 2.57. The molecule has 0 radical (unpaired) electrons. The summed E-state index contributed by atoms with van der Waals surface area (Å²) in [6.45, 7) is 5.54. The minimum absolute atomic E-state index is 0.0108. The van der Waals surface area contributed by atoms with Gasteiger partial charge in [-0.05, 0) is 20.8 Å². The van der Waals surface area contributed by atoms with E-state index in [-0.39, 0.29) is 18.9 Å². The molecular formula is C16H22N4O5. The largest absolute Gasteiger partial charge is 0.467 e. The summed E-state index contributed by atoms with van der Waals surface area (Å²) in [5.74, 6) is -0.157. The molecule has 25 heavy (non-hydrogen) atoms. The summed E-state index contributed by atoms with van der Waals surface area (Å²) in [4.78, 5) is 43.1. The summed E-state index contributed by atoms with van der Waals surface area (Å²) in [5, 5.41) is 2.79.